The zero-order valence-corrected chi connectivity index (χ0v) is 11.9. The van der Waals surface area contributed by atoms with E-state index in [-0.39, 0.29) is 0 Å². The molecule has 1 unspecified atom stereocenters. The Morgan fingerprint density at radius 2 is 2.11 bits per heavy atom. The second-order valence-corrected chi connectivity index (χ2v) is 5.37. The van der Waals surface area contributed by atoms with E-state index in [0.29, 0.717) is 6.04 Å². The number of anilines is 1. The van der Waals surface area contributed by atoms with Crippen LogP contribution in [0.4, 0.5) is 5.95 Å². The molecule has 1 fully saturated rings. The van der Waals surface area contributed by atoms with Gasteiger partial charge >= 0.3 is 0 Å². The molecule has 1 aliphatic rings. The van der Waals surface area contributed by atoms with Gasteiger partial charge in [0.05, 0.1) is 5.69 Å². The Hall–Kier alpha value is -1.03. The van der Waals surface area contributed by atoms with Crippen LogP contribution in [0, 0.1) is 6.92 Å². The van der Waals surface area contributed by atoms with Gasteiger partial charge in [-0.25, -0.2) is 4.98 Å². The van der Waals surface area contributed by atoms with Crippen LogP contribution in [0.15, 0.2) is 6.20 Å². The first-order chi connectivity index (χ1) is 8.70. The molecule has 1 N–H and O–H groups in total. The number of nitrogens with one attached hydrogen (secondary N) is 1. The number of rotatable bonds is 6. The van der Waals surface area contributed by atoms with Gasteiger partial charge in [-0.3, -0.25) is 4.90 Å². The minimum Gasteiger partial charge on any atom is -0.354 e. The first-order valence-corrected chi connectivity index (χ1v) is 7.22. The van der Waals surface area contributed by atoms with Gasteiger partial charge in [-0.2, -0.15) is 0 Å². The van der Waals surface area contributed by atoms with E-state index in [0.717, 1.165) is 31.2 Å². The fraction of sp³-hybridized carbons (Fsp3) is 0.786. The highest BCUT2D eigenvalue weighted by atomic mass is 15.2. The van der Waals surface area contributed by atoms with E-state index < -0.39 is 0 Å². The minimum atomic E-state index is 0.597. The second kappa shape index (κ2) is 6.23. The van der Waals surface area contributed by atoms with Crippen LogP contribution < -0.4 is 5.32 Å². The molecule has 1 aromatic heterocycles. The van der Waals surface area contributed by atoms with E-state index >= 15 is 0 Å². The number of likely N-dealkylation sites (tertiary alicyclic amines) is 1. The molecule has 1 saturated heterocycles. The molecule has 0 radical (unpaired) electrons. The highest BCUT2D eigenvalue weighted by Crippen LogP contribution is 2.13. The lowest BCUT2D eigenvalue weighted by Gasteiger charge is -2.24. The molecule has 1 aromatic rings. The van der Waals surface area contributed by atoms with Crippen molar-refractivity contribution in [2.24, 2.45) is 0 Å². The summed E-state index contributed by atoms with van der Waals surface area (Å²) in [4.78, 5) is 7.12. The smallest absolute Gasteiger partial charge is 0.203 e. The van der Waals surface area contributed by atoms with E-state index in [1.54, 1.807) is 0 Å². The van der Waals surface area contributed by atoms with Gasteiger partial charge in [0.15, 0.2) is 0 Å². The van der Waals surface area contributed by atoms with Gasteiger partial charge in [-0.1, -0.05) is 6.92 Å². The van der Waals surface area contributed by atoms with Crippen LogP contribution in [0.1, 0.15) is 38.8 Å². The van der Waals surface area contributed by atoms with Gasteiger partial charge in [0, 0.05) is 25.3 Å². The van der Waals surface area contributed by atoms with E-state index in [1.165, 1.54) is 25.9 Å². The van der Waals surface area contributed by atoms with E-state index in [2.05, 4.69) is 46.7 Å². The SMILES string of the molecule is CCCn1cc(C)nc1NCC(C)N1CCCC1. The Morgan fingerprint density at radius 1 is 1.39 bits per heavy atom. The van der Waals surface area contributed by atoms with Crippen molar-refractivity contribution in [2.45, 2.75) is 52.6 Å². The molecule has 1 aliphatic heterocycles. The summed E-state index contributed by atoms with van der Waals surface area (Å²) >= 11 is 0. The molecule has 0 spiro atoms. The maximum Gasteiger partial charge on any atom is 0.203 e. The summed E-state index contributed by atoms with van der Waals surface area (Å²) in [6.07, 6.45) is 5.99. The van der Waals surface area contributed by atoms with E-state index in [9.17, 15) is 0 Å². The van der Waals surface area contributed by atoms with E-state index in [1.807, 2.05) is 0 Å². The zero-order chi connectivity index (χ0) is 13.0. The van der Waals surface area contributed by atoms with Crippen molar-refractivity contribution in [3.63, 3.8) is 0 Å². The molecule has 4 heteroatoms. The van der Waals surface area contributed by atoms with Crippen molar-refractivity contribution < 1.29 is 0 Å². The average Bonchev–Trinajstić information content (AvgIpc) is 2.96. The standard InChI is InChI=1S/C14H26N4/c1-4-7-18-11-12(2)16-14(18)15-10-13(3)17-8-5-6-9-17/h11,13H,4-10H2,1-3H3,(H,15,16). The monoisotopic (exact) mass is 250 g/mol. The summed E-state index contributed by atoms with van der Waals surface area (Å²) in [5, 5.41) is 3.51. The largest absolute Gasteiger partial charge is 0.354 e. The molecule has 0 amide bonds. The first-order valence-electron chi connectivity index (χ1n) is 7.22. The Kier molecular flexibility index (Phi) is 4.64. The number of nitrogens with zero attached hydrogens (tertiary/aromatic N) is 3. The molecule has 0 saturated carbocycles. The van der Waals surface area contributed by atoms with Gasteiger partial charge < -0.3 is 9.88 Å². The first kappa shape index (κ1) is 13.4. The van der Waals surface area contributed by atoms with Crippen LogP contribution in [0.2, 0.25) is 0 Å². The second-order valence-electron chi connectivity index (χ2n) is 5.37. The third-order valence-electron chi connectivity index (χ3n) is 3.68. The van der Waals surface area contributed by atoms with Gasteiger partial charge in [-0.15, -0.1) is 0 Å². The number of imidazole rings is 1. The molecule has 2 rings (SSSR count). The summed E-state index contributed by atoms with van der Waals surface area (Å²) in [7, 11) is 0. The molecule has 0 bridgehead atoms. The highest BCUT2D eigenvalue weighted by Gasteiger charge is 2.18. The summed E-state index contributed by atoms with van der Waals surface area (Å²) in [6.45, 7) is 11.1. The predicted molar refractivity (Wildman–Crippen MR) is 76.0 cm³/mol. The number of aromatic nitrogens is 2. The lowest BCUT2D eigenvalue weighted by molar-refractivity contribution is 0.268. The third kappa shape index (κ3) is 3.25. The highest BCUT2D eigenvalue weighted by molar-refractivity contribution is 5.29. The summed E-state index contributed by atoms with van der Waals surface area (Å²) in [6, 6.07) is 0.597. The van der Waals surface area contributed by atoms with Crippen LogP contribution in [0.3, 0.4) is 0 Å². The molecule has 1 atom stereocenters. The normalized spacial score (nSPS) is 18.2. The number of hydrogen-bond acceptors (Lipinski definition) is 3. The lowest BCUT2D eigenvalue weighted by Crippen LogP contribution is -2.36. The van der Waals surface area contributed by atoms with Crippen LogP contribution in [-0.2, 0) is 6.54 Å². The third-order valence-corrected chi connectivity index (χ3v) is 3.68. The van der Waals surface area contributed by atoms with Crippen molar-refractivity contribution in [2.75, 3.05) is 25.0 Å². The van der Waals surface area contributed by atoms with Crippen molar-refractivity contribution in [3.05, 3.63) is 11.9 Å². The molecule has 102 valence electrons. The van der Waals surface area contributed by atoms with Crippen LogP contribution in [-0.4, -0.2) is 40.1 Å². The Morgan fingerprint density at radius 3 is 2.78 bits per heavy atom. The molecule has 2 heterocycles. The maximum atomic E-state index is 4.56. The van der Waals surface area contributed by atoms with Gasteiger partial charge in [0.1, 0.15) is 0 Å². The summed E-state index contributed by atoms with van der Waals surface area (Å²) < 4.78 is 2.23. The maximum absolute atomic E-state index is 4.56. The minimum absolute atomic E-state index is 0.597. The Bertz CT molecular complexity index is 366. The number of hydrogen-bond donors (Lipinski definition) is 1. The Labute approximate surface area is 110 Å². The summed E-state index contributed by atoms with van der Waals surface area (Å²) in [5.41, 5.74) is 1.10. The van der Waals surface area contributed by atoms with Crippen molar-refractivity contribution in [1.82, 2.24) is 14.5 Å². The molecular weight excluding hydrogens is 224 g/mol. The van der Waals surface area contributed by atoms with Gasteiger partial charge in [0.25, 0.3) is 0 Å². The van der Waals surface area contributed by atoms with E-state index in [4.69, 9.17) is 0 Å². The quantitative estimate of drug-likeness (QED) is 0.842. The van der Waals surface area contributed by atoms with Crippen molar-refractivity contribution in [1.29, 1.82) is 0 Å². The van der Waals surface area contributed by atoms with Gasteiger partial charge in [0.2, 0.25) is 5.95 Å². The summed E-state index contributed by atoms with van der Waals surface area (Å²) in [5.74, 6) is 1.03. The topological polar surface area (TPSA) is 33.1 Å². The average molecular weight is 250 g/mol. The lowest BCUT2D eigenvalue weighted by atomic mass is 10.3. The fourth-order valence-electron chi connectivity index (χ4n) is 2.65. The van der Waals surface area contributed by atoms with Crippen molar-refractivity contribution >= 4 is 5.95 Å². The van der Waals surface area contributed by atoms with Crippen molar-refractivity contribution in [3.8, 4) is 0 Å². The Balaban J connectivity index is 1.88. The predicted octanol–water partition coefficient (Wildman–Crippen LogP) is 2.50. The molecule has 4 nitrogen and oxygen atoms in total. The molecule has 0 aliphatic carbocycles. The fourth-order valence-corrected chi connectivity index (χ4v) is 2.65. The van der Waals surface area contributed by atoms with Crippen LogP contribution in [0.5, 0.6) is 0 Å². The molecular formula is C14H26N4. The van der Waals surface area contributed by atoms with Crippen LogP contribution >= 0.6 is 0 Å². The molecule has 0 aromatic carbocycles. The zero-order valence-electron chi connectivity index (χ0n) is 11.9. The van der Waals surface area contributed by atoms with Crippen LogP contribution in [0.25, 0.3) is 0 Å². The van der Waals surface area contributed by atoms with Gasteiger partial charge in [-0.05, 0) is 46.2 Å². The number of aryl methyl sites for hydroxylation is 2. The molecule has 18 heavy (non-hydrogen) atoms.